The van der Waals surface area contributed by atoms with Crippen molar-refractivity contribution in [1.82, 2.24) is 9.88 Å². The lowest BCUT2D eigenvalue weighted by Gasteiger charge is -2.13. The molecule has 2 N–H and O–H groups in total. The van der Waals surface area contributed by atoms with Crippen LogP contribution in [-0.4, -0.2) is 25.5 Å². The third kappa shape index (κ3) is 4.44. The zero-order valence-electron chi connectivity index (χ0n) is 12.1. The molecule has 10 heteroatoms. The van der Waals surface area contributed by atoms with E-state index in [0.717, 1.165) is 0 Å². The van der Waals surface area contributed by atoms with Gasteiger partial charge >= 0.3 is 0 Å². The maximum Gasteiger partial charge on any atom is 0.243 e. The Morgan fingerprint density at radius 2 is 1.96 bits per heavy atom. The molecule has 0 saturated carbocycles. The van der Waals surface area contributed by atoms with Gasteiger partial charge in [0.15, 0.2) is 5.82 Å². The van der Waals surface area contributed by atoms with Crippen molar-refractivity contribution in [1.29, 1.82) is 0 Å². The van der Waals surface area contributed by atoms with Gasteiger partial charge in [0, 0.05) is 6.07 Å². The highest BCUT2D eigenvalue weighted by atomic mass is 35.5. The third-order valence-electron chi connectivity index (χ3n) is 2.81. The summed E-state index contributed by atoms with van der Waals surface area (Å²) in [5.74, 6) is 0.138. The summed E-state index contributed by atoms with van der Waals surface area (Å²) in [6.07, 6.45) is 0. The van der Waals surface area contributed by atoms with Gasteiger partial charge in [-0.05, 0) is 32.0 Å². The molecule has 0 saturated heterocycles. The summed E-state index contributed by atoms with van der Waals surface area (Å²) in [6.45, 7) is 3.07. The molecular weight excluding hydrogens is 365 g/mol. The van der Waals surface area contributed by atoms with E-state index < -0.39 is 22.0 Å². The van der Waals surface area contributed by atoms with Crippen molar-refractivity contribution in [3.05, 3.63) is 40.1 Å². The van der Waals surface area contributed by atoms with Gasteiger partial charge < -0.3 is 9.84 Å². The number of anilines is 1. The molecule has 0 unspecified atom stereocenters. The van der Waals surface area contributed by atoms with Crippen LogP contribution >= 0.6 is 23.2 Å². The minimum Gasteiger partial charge on any atom is -0.360 e. The van der Waals surface area contributed by atoms with E-state index in [2.05, 4.69) is 15.2 Å². The second kappa shape index (κ2) is 6.88. The van der Waals surface area contributed by atoms with E-state index in [0.29, 0.717) is 5.76 Å². The van der Waals surface area contributed by atoms with E-state index in [1.807, 2.05) is 0 Å². The summed E-state index contributed by atoms with van der Waals surface area (Å²) >= 11 is 11.6. The fourth-order valence-electron chi connectivity index (χ4n) is 1.66. The summed E-state index contributed by atoms with van der Waals surface area (Å²) in [5, 5.41) is 6.37. The molecule has 2 aromatic rings. The third-order valence-corrected chi connectivity index (χ3v) is 5.08. The average Bonchev–Trinajstić information content (AvgIpc) is 2.86. The zero-order valence-corrected chi connectivity index (χ0v) is 14.5. The first-order chi connectivity index (χ1) is 10.7. The number of aryl methyl sites for hydroxylation is 1. The number of sulfonamides is 1. The molecule has 1 aromatic heterocycles. The number of aromatic nitrogens is 1. The maximum absolute atomic E-state index is 12.2. The highest BCUT2D eigenvalue weighted by Gasteiger charge is 2.23. The lowest BCUT2D eigenvalue weighted by atomic mass is 10.3. The smallest absolute Gasteiger partial charge is 0.243 e. The molecule has 124 valence electrons. The number of nitrogens with zero attached hydrogens (tertiary/aromatic N) is 1. The number of benzene rings is 1. The van der Waals surface area contributed by atoms with Gasteiger partial charge in [-0.1, -0.05) is 28.4 Å². The number of rotatable bonds is 5. The van der Waals surface area contributed by atoms with Crippen molar-refractivity contribution in [3.8, 4) is 0 Å². The first-order valence-corrected chi connectivity index (χ1v) is 8.64. The van der Waals surface area contributed by atoms with Crippen LogP contribution in [-0.2, 0) is 14.8 Å². The van der Waals surface area contributed by atoms with Crippen LogP contribution in [0.2, 0.25) is 10.0 Å². The van der Waals surface area contributed by atoms with Gasteiger partial charge in [-0.2, -0.15) is 4.72 Å². The average molecular weight is 378 g/mol. The van der Waals surface area contributed by atoms with E-state index in [4.69, 9.17) is 27.7 Å². The summed E-state index contributed by atoms with van der Waals surface area (Å²) in [4.78, 5) is 11.9. The van der Waals surface area contributed by atoms with Gasteiger partial charge in [-0.25, -0.2) is 8.42 Å². The number of amides is 1. The number of carbonyl (C=O) groups is 1. The van der Waals surface area contributed by atoms with E-state index >= 15 is 0 Å². The molecule has 0 aliphatic carbocycles. The Morgan fingerprint density at radius 3 is 2.52 bits per heavy atom. The van der Waals surface area contributed by atoms with Crippen molar-refractivity contribution in [2.24, 2.45) is 0 Å². The number of halogens is 2. The van der Waals surface area contributed by atoms with E-state index in [1.54, 1.807) is 6.92 Å². The molecule has 1 aromatic carbocycles. The molecule has 7 nitrogen and oxygen atoms in total. The van der Waals surface area contributed by atoms with Gasteiger partial charge in [-0.3, -0.25) is 4.79 Å². The van der Waals surface area contributed by atoms with Crippen LogP contribution in [0.3, 0.4) is 0 Å². The van der Waals surface area contributed by atoms with Gasteiger partial charge in [0.2, 0.25) is 15.9 Å². The first kappa shape index (κ1) is 17.7. The van der Waals surface area contributed by atoms with Crippen LogP contribution in [0.1, 0.15) is 12.7 Å². The quantitative estimate of drug-likeness (QED) is 0.833. The summed E-state index contributed by atoms with van der Waals surface area (Å²) in [7, 11) is -3.93. The van der Waals surface area contributed by atoms with Crippen molar-refractivity contribution < 1.29 is 17.7 Å². The Labute approximate surface area is 143 Å². The molecule has 0 bridgehead atoms. The lowest BCUT2D eigenvalue weighted by molar-refractivity contribution is -0.117. The highest BCUT2D eigenvalue weighted by molar-refractivity contribution is 7.89. The molecule has 0 aliphatic rings. The molecule has 0 fully saturated rings. The van der Waals surface area contributed by atoms with Crippen LogP contribution in [0.25, 0.3) is 0 Å². The number of carbonyl (C=O) groups excluding carboxylic acids is 1. The fourth-order valence-corrected chi connectivity index (χ4v) is 3.25. The second-order valence-corrected chi connectivity index (χ2v) is 7.26. The molecule has 1 atom stereocenters. The molecule has 0 spiro atoms. The molecular formula is C13H13Cl2N3O4S. The van der Waals surface area contributed by atoms with Crippen LogP contribution in [0, 0.1) is 6.92 Å². The lowest BCUT2D eigenvalue weighted by Crippen LogP contribution is -2.41. The Kier molecular flexibility index (Phi) is 5.30. The van der Waals surface area contributed by atoms with Crippen molar-refractivity contribution in [2.75, 3.05) is 5.32 Å². The maximum atomic E-state index is 12.2. The van der Waals surface area contributed by atoms with Crippen LogP contribution in [0.15, 0.2) is 33.7 Å². The van der Waals surface area contributed by atoms with Crippen molar-refractivity contribution in [3.63, 3.8) is 0 Å². The first-order valence-electron chi connectivity index (χ1n) is 6.40. The SMILES string of the molecule is Cc1cc(NC(=O)[C@@H](C)NS(=O)(=O)c2ccc(Cl)c(Cl)c2)no1. The molecule has 1 amide bonds. The zero-order chi connectivity index (χ0) is 17.2. The predicted molar refractivity (Wildman–Crippen MR) is 86.1 cm³/mol. The number of nitrogens with one attached hydrogen (secondary N) is 2. The van der Waals surface area contributed by atoms with Gasteiger partial charge in [0.25, 0.3) is 0 Å². The minimum atomic E-state index is -3.93. The molecule has 1 heterocycles. The van der Waals surface area contributed by atoms with Gasteiger partial charge in [-0.15, -0.1) is 0 Å². The molecule has 0 aliphatic heterocycles. The molecule has 2 rings (SSSR count). The summed E-state index contributed by atoms with van der Waals surface area (Å²) < 4.78 is 31.5. The van der Waals surface area contributed by atoms with Gasteiger partial charge in [0.05, 0.1) is 21.0 Å². The van der Waals surface area contributed by atoms with E-state index in [-0.39, 0.29) is 20.8 Å². The Morgan fingerprint density at radius 1 is 1.26 bits per heavy atom. The van der Waals surface area contributed by atoms with Crippen molar-refractivity contribution >= 4 is 45.0 Å². The Bertz CT molecular complexity index is 835. The normalized spacial score (nSPS) is 12.9. The highest BCUT2D eigenvalue weighted by Crippen LogP contribution is 2.24. The molecule has 0 radical (unpaired) electrons. The topological polar surface area (TPSA) is 101 Å². The van der Waals surface area contributed by atoms with Crippen LogP contribution in [0.4, 0.5) is 5.82 Å². The van der Waals surface area contributed by atoms with E-state index in [1.165, 1.54) is 31.2 Å². The Balaban J connectivity index is 2.09. The number of hydrogen-bond acceptors (Lipinski definition) is 5. The van der Waals surface area contributed by atoms with E-state index in [9.17, 15) is 13.2 Å². The van der Waals surface area contributed by atoms with Gasteiger partial charge in [0.1, 0.15) is 5.76 Å². The fraction of sp³-hybridized carbons (Fsp3) is 0.231. The predicted octanol–water partition coefficient (Wildman–Crippen LogP) is 2.60. The van der Waals surface area contributed by atoms with Crippen LogP contribution in [0.5, 0.6) is 0 Å². The largest absolute Gasteiger partial charge is 0.360 e. The number of hydrogen-bond donors (Lipinski definition) is 2. The Hall–Kier alpha value is -1.61. The summed E-state index contributed by atoms with van der Waals surface area (Å²) in [5.41, 5.74) is 0. The minimum absolute atomic E-state index is 0.0937. The molecule has 23 heavy (non-hydrogen) atoms. The van der Waals surface area contributed by atoms with Crippen molar-refractivity contribution in [2.45, 2.75) is 24.8 Å². The standard InChI is InChI=1S/C13H13Cl2N3O4S/c1-7-5-12(17-22-7)16-13(19)8(2)18-23(20,21)9-3-4-10(14)11(15)6-9/h3-6,8,18H,1-2H3,(H,16,17,19)/t8-/m1/s1. The monoisotopic (exact) mass is 377 g/mol. The van der Waals surface area contributed by atoms with Crippen LogP contribution < -0.4 is 10.0 Å². The second-order valence-electron chi connectivity index (χ2n) is 4.73. The summed E-state index contributed by atoms with van der Waals surface area (Å²) in [6, 6.07) is 4.34.